The number of likely N-dealkylation sites (N-methyl/N-ethyl adjacent to an activating group) is 1. The van der Waals surface area contributed by atoms with Crippen LogP contribution >= 0.6 is 0 Å². The van der Waals surface area contributed by atoms with Gasteiger partial charge >= 0.3 is 5.97 Å². The molecule has 2 heterocycles. The quantitative estimate of drug-likeness (QED) is 0.875. The van der Waals surface area contributed by atoms with Crippen LogP contribution in [0.15, 0.2) is 18.3 Å². The first-order valence-corrected chi connectivity index (χ1v) is 6.08. The highest BCUT2D eigenvalue weighted by molar-refractivity contribution is 5.85. The molecule has 18 heavy (non-hydrogen) atoms. The van der Waals surface area contributed by atoms with Crippen molar-refractivity contribution in [1.82, 2.24) is 9.88 Å². The Kier molecular flexibility index (Phi) is 3.93. The number of pyridine rings is 1. The summed E-state index contributed by atoms with van der Waals surface area (Å²) in [6.07, 6.45) is 2.80. The van der Waals surface area contributed by atoms with Gasteiger partial charge in [-0.1, -0.05) is 0 Å². The van der Waals surface area contributed by atoms with Gasteiger partial charge in [0.25, 0.3) is 0 Å². The Hall–Kier alpha value is -1.46. The van der Waals surface area contributed by atoms with Crippen molar-refractivity contribution >= 4 is 5.97 Å². The maximum absolute atomic E-state index is 10.9. The van der Waals surface area contributed by atoms with E-state index in [0.717, 1.165) is 18.6 Å². The summed E-state index contributed by atoms with van der Waals surface area (Å²) in [5, 5.41) is 8.90. The lowest BCUT2D eigenvalue weighted by Gasteiger charge is -2.26. The number of carboxylic acid groups (broad SMARTS) is 1. The highest BCUT2D eigenvalue weighted by atomic mass is 16.5. The summed E-state index contributed by atoms with van der Waals surface area (Å²) in [6.45, 7) is 3.58. The largest absolute Gasteiger partial charge is 0.477 e. The van der Waals surface area contributed by atoms with E-state index in [1.165, 1.54) is 0 Å². The van der Waals surface area contributed by atoms with E-state index in [9.17, 15) is 4.79 Å². The van der Waals surface area contributed by atoms with Crippen LogP contribution < -0.4 is 0 Å². The molecular weight excluding hydrogens is 232 g/mol. The number of ether oxygens (including phenoxy) is 1. The summed E-state index contributed by atoms with van der Waals surface area (Å²) in [5.74, 6) is -0.989. The van der Waals surface area contributed by atoms with E-state index in [4.69, 9.17) is 9.84 Å². The molecule has 0 aliphatic carbocycles. The van der Waals surface area contributed by atoms with Crippen LogP contribution in [0.25, 0.3) is 0 Å². The van der Waals surface area contributed by atoms with Crippen LogP contribution in [0.1, 0.15) is 29.4 Å². The summed E-state index contributed by atoms with van der Waals surface area (Å²) in [6, 6.07) is 3.87. The molecule has 0 bridgehead atoms. The summed E-state index contributed by atoms with van der Waals surface area (Å²) in [5.41, 5.74) is 1.06. The lowest BCUT2D eigenvalue weighted by atomic mass is 10.1. The zero-order valence-corrected chi connectivity index (χ0v) is 10.7. The number of aromatic carboxylic acids is 1. The summed E-state index contributed by atoms with van der Waals surface area (Å²) in [4.78, 5) is 16.9. The van der Waals surface area contributed by atoms with Gasteiger partial charge in [-0.05, 0) is 38.1 Å². The van der Waals surface area contributed by atoms with Crippen molar-refractivity contribution in [1.29, 1.82) is 0 Å². The molecule has 0 saturated carbocycles. The van der Waals surface area contributed by atoms with Crippen molar-refractivity contribution in [3.8, 4) is 0 Å². The van der Waals surface area contributed by atoms with Crippen LogP contribution in [0, 0.1) is 0 Å². The molecule has 1 aliphatic heterocycles. The number of carbonyl (C=O) groups is 1. The van der Waals surface area contributed by atoms with E-state index < -0.39 is 5.97 Å². The highest BCUT2D eigenvalue weighted by Crippen LogP contribution is 2.20. The molecule has 0 aromatic carbocycles. The number of rotatable bonds is 4. The minimum absolute atomic E-state index is 0.0941. The lowest BCUT2D eigenvalue weighted by Crippen LogP contribution is -2.36. The van der Waals surface area contributed by atoms with Gasteiger partial charge in [0.2, 0.25) is 0 Å². The molecule has 2 rings (SSSR count). The number of aromatic nitrogens is 1. The standard InChI is InChI=1S/C13H18N2O3/c1-9-12(4-6-18-9)15(2)8-10-3-5-14-11(7-10)13(16)17/h3,5,7,9,12H,4,6,8H2,1-2H3,(H,16,17). The molecule has 0 radical (unpaired) electrons. The molecule has 1 N–H and O–H groups in total. The van der Waals surface area contributed by atoms with E-state index in [2.05, 4.69) is 16.8 Å². The van der Waals surface area contributed by atoms with E-state index in [0.29, 0.717) is 12.6 Å². The molecule has 0 amide bonds. The van der Waals surface area contributed by atoms with Gasteiger partial charge in [0.15, 0.2) is 0 Å². The van der Waals surface area contributed by atoms with Crippen LogP contribution in [-0.4, -0.2) is 46.8 Å². The Morgan fingerprint density at radius 1 is 1.67 bits per heavy atom. The SMILES string of the molecule is CC1OCCC1N(C)Cc1ccnc(C(=O)O)c1. The van der Waals surface area contributed by atoms with Gasteiger partial charge < -0.3 is 9.84 Å². The van der Waals surface area contributed by atoms with Crippen LogP contribution in [0.3, 0.4) is 0 Å². The Labute approximate surface area is 106 Å². The zero-order valence-electron chi connectivity index (χ0n) is 10.7. The molecule has 1 aromatic rings. The van der Waals surface area contributed by atoms with Crippen LogP contribution in [0.5, 0.6) is 0 Å². The molecule has 98 valence electrons. The molecule has 2 unspecified atom stereocenters. The van der Waals surface area contributed by atoms with Crippen molar-refractivity contribution in [2.45, 2.75) is 32.0 Å². The minimum atomic E-state index is -0.989. The molecular formula is C13H18N2O3. The van der Waals surface area contributed by atoms with Gasteiger partial charge in [0.1, 0.15) is 5.69 Å². The first kappa shape index (κ1) is 13.0. The molecule has 1 aliphatic rings. The number of hydrogen-bond acceptors (Lipinski definition) is 4. The van der Waals surface area contributed by atoms with Gasteiger partial charge in [-0.3, -0.25) is 4.90 Å². The Morgan fingerprint density at radius 3 is 3.06 bits per heavy atom. The molecule has 1 fully saturated rings. The molecule has 2 atom stereocenters. The van der Waals surface area contributed by atoms with E-state index in [-0.39, 0.29) is 11.8 Å². The Bertz CT molecular complexity index is 436. The lowest BCUT2D eigenvalue weighted by molar-refractivity contribution is 0.0689. The number of carboxylic acids is 1. The fourth-order valence-corrected chi connectivity index (χ4v) is 2.39. The summed E-state index contributed by atoms with van der Waals surface area (Å²) >= 11 is 0. The zero-order chi connectivity index (χ0) is 13.1. The second-order valence-electron chi connectivity index (χ2n) is 4.70. The van der Waals surface area contributed by atoms with E-state index in [1.54, 1.807) is 12.3 Å². The summed E-state index contributed by atoms with van der Waals surface area (Å²) in [7, 11) is 2.04. The van der Waals surface area contributed by atoms with Crippen LogP contribution in [-0.2, 0) is 11.3 Å². The molecule has 5 heteroatoms. The molecule has 1 aromatic heterocycles. The van der Waals surface area contributed by atoms with Gasteiger partial charge in [-0.25, -0.2) is 9.78 Å². The number of hydrogen-bond donors (Lipinski definition) is 1. The van der Waals surface area contributed by atoms with Crippen molar-refractivity contribution in [3.05, 3.63) is 29.6 Å². The average molecular weight is 250 g/mol. The average Bonchev–Trinajstić information content (AvgIpc) is 2.76. The van der Waals surface area contributed by atoms with E-state index >= 15 is 0 Å². The minimum Gasteiger partial charge on any atom is -0.477 e. The predicted molar refractivity (Wildman–Crippen MR) is 66.5 cm³/mol. The maximum atomic E-state index is 10.9. The predicted octanol–water partition coefficient (Wildman–Crippen LogP) is 1.39. The normalized spacial score (nSPS) is 23.5. The van der Waals surface area contributed by atoms with Gasteiger partial charge in [-0.15, -0.1) is 0 Å². The fraction of sp³-hybridized carbons (Fsp3) is 0.538. The van der Waals surface area contributed by atoms with Crippen LogP contribution in [0.2, 0.25) is 0 Å². The molecule has 5 nitrogen and oxygen atoms in total. The maximum Gasteiger partial charge on any atom is 0.354 e. The van der Waals surface area contributed by atoms with Gasteiger partial charge in [0.05, 0.1) is 6.10 Å². The van der Waals surface area contributed by atoms with Gasteiger partial charge in [0, 0.05) is 25.4 Å². The highest BCUT2D eigenvalue weighted by Gasteiger charge is 2.27. The number of nitrogens with zero attached hydrogens (tertiary/aromatic N) is 2. The first-order chi connectivity index (χ1) is 8.58. The molecule has 1 saturated heterocycles. The second kappa shape index (κ2) is 5.46. The summed E-state index contributed by atoms with van der Waals surface area (Å²) < 4.78 is 5.54. The monoisotopic (exact) mass is 250 g/mol. The van der Waals surface area contributed by atoms with Gasteiger partial charge in [-0.2, -0.15) is 0 Å². The molecule has 0 spiro atoms. The van der Waals surface area contributed by atoms with Crippen molar-refractivity contribution in [2.24, 2.45) is 0 Å². The fourth-order valence-electron chi connectivity index (χ4n) is 2.39. The first-order valence-electron chi connectivity index (χ1n) is 6.08. The second-order valence-corrected chi connectivity index (χ2v) is 4.70. The Morgan fingerprint density at radius 2 is 2.44 bits per heavy atom. The third-order valence-electron chi connectivity index (χ3n) is 3.38. The van der Waals surface area contributed by atoms with Crippen LogP contribution in [0.4, 0.5) is 0 Å². The Balaban J connectivity index is 2.04. The van der Waals surface area contributed by atoms with E-state index in [1.807, 2.05) is 13.1 Å². The smallest absolute Gasteiger partial charge is 0.354 e. The van der Waals surface area contributed by atoms with Crippen molar-refractivity contribution in [3.63, 3.8) is 0 Å². The topological polar surface area (TPSA) is 62.7 Å². The van der Waals surface area contributed by atoms with Crippen molar-refractivity contribution in [2.75, 3.05) is 13.7 Å². The third kappa shape index (κ3) is 2.86. The third-order valence-corrected chi connectivity index (χ3v) is 3.38. The van der Waals surface area contributed by atoms with Crippen molar-refractivity contribution < 1.29 is 14.6 Å².